The summed E-state index contributed by atoms with van der Waals surface area (Å²) in [5.41, 5.74) is 2.99. The van der Waals surface area contributed by atoms with Gasteiger partial charge in [0.05, 0.1) is 11.4 Å². The predicted molar refractivity (Wildman–Crippen MR) is 112 cm³/mol. The van der Waals surface area contributed by atoms with Crippen molar-refractivity contribution in [1.29, 1.82) is 0 Å². The van der Waals surface area contributed by atoms with Gasteiger partial charge in [-0.25, -0.2) is 9.89 Å². The van der Waals surface area contributed by atoms with Crippen molar-refractivity contribution in [2.45, 2.75) is 20.4 Å². The van der Waals surface area contributed by atoms with E-state index in [-0.39, 0.29) is 12.0 Å². The third-order valence-corrected chi connectivity index (χ3v) is 5.04. The van der Waals surface area contributed by atoms with Gasteiger partial charge in [-0.1, -0.05) is 0 Å². The fourth-order valence-electron chi connectivity index (χ4n) is 3.56. The molecule has 0 radical (unpaired) electrons. The summed E-state index contributed by atoms with van der Waals surface area (Å²) < 4.78 is 7.23. The molecule has 1 aliphatic rings. The highest BCUT2D eigenvalue weighted by molar-refractivity contribution is 5.86. The normalized spacial score (nSPS) is 14.7. The molecule has 0 spiro atoms. The van der Waals surface area contributed by atoms with Crippen LogP contribution in [0, 0.1) is 6.92 Å². The summed E-state index contributed by atoms with van der Waals surface area (Å²) in [5, 5.41) is 8.35. The molecule has 2 amide bonds. The van der Waals surface area contributed by atoms with Gasteiger partial charge in [0.1, 0.15) is 12.5 Å². The maximum atomic E-state index is 11.6. The van der Waals surface area contributed by atoms with E-state index in [1.54, 1.807) is 6.26 Å². The van der Waals surface area contributed by atoms with Gasteiger partial charge >= 0.3 is 17.9 Å². The Morgan fingerprint density at radius 3 is 2.80 bits per heavy atom. The fourth-order valence-corrected chi connectivity index (χ4v) is 3.56. The van der Waals surface area contributed by atoms with Crippen LogP contribution in [0.4, 0.5) is 16.5 Å². The van der Waals surface area contributed by atoms with Crippen molar-refractivity contribution in [3.63, 3.8) is 0 Å². The van der Waals surface area contributed by atoms with E-state index in [2.05, 4.69) is 36.6 Å². The second kappa shape index (κ2) is 8.95. The number of rotatable bonds is 6. The molecule has 1 aliphatic heterocycles. The minimum Gasteiger partial charge on any atom is -0.432 e. The van der Waals surface area contributed by atoms with E-state index in [1.165, 1.54) is 5.69 Å². The number of aromatic amines is 1. The number of nitrogens with zero attached hydrogens (tertiary/aromatic N) is 5. The molecule has 0 saturated carbocycles. The maximum absolute atomic E-state index is 11.6. The first-order valence-corrected chi connectivity index (χ1v) is 10.1. The fraction of sp³-hybridized carbons (Fsp3) is 0.400. The Balaban J connectivity index is 1.31. The lowest BCUT2D eigenvalue weighted by Crippen LogP contribution is -2.46. The van der Waals surface area contributed by atoms with E-state index in [0.29, 0.717) is 13.1 Å². The van der Waals surface area contributed by atoms with Crippen LogP contribution in [0.1, 0.15) is 18.3 Å². The number of hydrogen-bond donors (Lipinski definition) is 3. The average Bonchev–Trinajstić information content (AvgIpc) is 3.41. The summed E-state index contributed by atoms with van der Waals surface area (Å²) >= 11 is 0. The van der Waals surface area contributed by atoms with Crippen molar-refractivity contribution in [2.75, 3.05) is 42.9 Å². The Morgan fingerprint density at radius 2 is 2.10 bits per heavy atom. The van der Waals surface area contributed by atoms with E-state index in [0.717, 1.165) is 43.4 Å². The predicted octanol–water partition coefficient (Wildman–Crippen LogP) is 1.45. The maximum Gasteiger partial charge on any atom is 0.346 e. The number of carbonyl (C=O) groups is 1. The molecule has 3 N–H and O–H groups in total. The Kier molecular flexibility index (Phi) is 5.94. The van der Waals surface area contributed by atoms with Crippen LogP contribution in [0.15, 0.2) is 41.3 Å². The lowest BCUT2D eigenvalue weighted by atomic mass is 10.2. The molecule has 1 saturated heterocycles. The standard InChI is InChI=1S/C20H26N8O2/c1-3-21-19(29)25-20-24-16(14-30-20)13-26-9-11-27(12-10-26)17-5-6-18(23-15(17)2)28-8-4-7-22-28/h4-8,14H,3,9-13H2,1-2H3,(H2,21,24,25,29)/p+1. The number of anilines is 2. The Hall–Kier alpha value is -3.40. The number of urea groups is 1. The molecule has 30 heavy (non-hydrogen) atoms. The van der Waals surface area contributed by atoms with Crippen LogP contribution in [0.25, 0.3) is 5.82 Å². The van der Waals surface area contributed by atoms with Crippen LogP contribution >= 0.6 is 0 Å². The van der Waals surface area contributed by atoms with Gasteiger partial charge in [-0.2, -0.15) is 4.98 Å². The summed E-state index contributed by atoms with van der Waals surface area (Å²) in [5.74, 6) is 0.878. The van der Waals surface area contributed by atoms with Crippen molar-refractivity contribution < 1.29 is 13.9 Å². The van der Waals surface area contributed by atoms with Crippen molar-refractivity contribution in [2.24, 2.45) is 0 Å². The third kappa shape index (κ3) is 4.60. The number of aromatic nitrogens is 4. The van der Waals surface area contributed by atoms with Crippen LogP contribution in [-0.4, -0.2) is 58.7 Å². The number of piperazine rings is 1. The van der Waals surface area contributed by atoms with E-state index in [4.69, 9.17) is 9.40 Å². The molecule has 4 rings (SSSR count). The van der Waals surface area contributed by atoms with Crippen LogP contribution in [0.3, 0.4) is 0 Å². The molecule has 10 nitrogen and oxygen atoms in total. The molecule has 3 aromatic rings. The molecule has 0 atom stereocenters. The number of H-pyrrole nitrogens is 1. The van der Waals surface area contributed by atoms with Crippen molar-refractivity contribution in [1.82, 2.24) is 25.3 Å². The summed E-state index contributed by atoms with van der Waals surface area (Å²) in [6, 6.07) is 6.01. The van der Waals surface area contributed by atoms with Crippen LogP contribution in [0.2, 0.25) is 0 Å². The molecule has 0 bridgehead atoms. The van der Waals surface area contributed by atoms with Gasteiger partial charge in [-0.3, -0.25) is 10.2 Å². The van der Waals surface area contributed by atoms with E-state index < -0.39 is 0 Å². The van der Waals surface area contributed by atoms with Crippen LogP contribution in [-0.2, 0) is 6.54 Å². The van der Waals surface area contributed by atoms with Crippen molar-refractivity contribution >= 4 is 17.7 Å². The molecule has 0 unspecified atom stereocenters. The minimum absolute atomic E-state index is 0.219. The first kappa shape index (κ1) is 19.9. The highest BCUT2D eigenvalue weighted by Gasteiger charge is 2.22. The number of carbonyl (C=O) groups excluding carboxylic acids is 1. The largest absolute Gasteiger partial charge is 0.432 e. The SMILES string of the molecule is CCNC(=O)Nc1nc(CN2CCN(c3ccc(-[n+]4ccc[nH]4)nc3C)CC2)co1. The molecule has 158 valence electrons. The number of amides is 2. The molecule has 10 heteroatoms. The summed E-state index contributed by atoms with van der Waals surface area (Å²) in [6.45, 7) is 8.80. The monoisotopic (exact) mass is 411 g/mol. The second-order valence-corrected chi connectivity index (χ2v) is 7.17. The summed E-state index contributed by atoms with van der Waals surface area (Å²) in [7, 11) is 0. The van der Waals surface area contributed by atoms with Gasteiger partial charge in [0.15, 0.2) is 5.69 Å². The third-order valence-electron chi connectivity index (χ3n) is 5.04. The Morgan fingerprint density at radius 1 is 1.27 bits per heavy atom. The summed E-state index contributed by atoms with van der Waals surface area (Å²) in [4.78, 5) is 25.3. The lowest BCUT2D eigenvalue weighted by Gasteiger charge is -2.35. The Bertz CT molecular complexity index is 977. The van der Waals surface area contributed by atoms with Crippen LogP contribution in [0.5, 0.6) is 0 Å². The molecule has 1 fully saturated rings. The lowest BCUT2D eigenvalue weighted by molar-refractivity contribution is -0.658. The van der Waals surface area contributed by atoms with Crippen molar-refractivity contribution in [3.05, 3.63) is 48.2 Å². The number of hydrogen-bond acceptors (Lipinski definition) is 6. The smallest absolute Gasteiger partial charge is 0.346 e. The highest BCUT2D eigenvalue weighted by Crippen LogP contribution is 2.21. The zero-order chi connectivity index (χ0) is 20.9. The number of nitrogens with one attached hydrogen (secondary N) is 3. The van der Waals surface area contributed by atoms with Gasteiger partial charge in [0.2, 0.25) is 0 Å². The van der Waals surface area contributed by atoms with E-state index in [1.807, 2.05) is 43.1 Å². The molecule has 0 aliphatic carbocycles. The minimum atomic E-state index is -0.316. The topological polar surface area (TPSA) is 106 Å². The second-order valence-electron chi connectivity index (χ2n) is 7.17. The average molecular weight is 411 g/mol. The molecular weight excluding hydrogens is 384 g/mol. The zero-order valence-corrected chi connectivity index (χ0v) is 17.3. The van der Waals surface area contributed by atoms with Gasteiger partial charge in [0.25, 0.3) is 0 Å². The molecule has 3 aromatic heterocycles. The molecular formula is C20H27N8O2+. The van der Waals surface area contributed by atoms with Crippen LogP contribution < -0.4 is 20.2 Å². The first-order chi connectivity index (χ1) is 14.6. The van der Waals surface area contributed by atoms with Crippen molar-refractivity contribution in [3.8, 4) is 5.82 Å². The summed E-state index contributed by atoms with van der Waals surface area (Å²) in [6.07, 6.45) is 5.41. The van der Waals surface area contributed by atoms with Gasteiger partial charge in [0, 0.05) is 58.5 Å². The van der Waals surface area contributed by atoms with E-state index in [9.17, 15) is 4.79 Å². The van der Waals surface area contributed by atoms with E-state index >= 15 is 0 Å². The number of pyridine rings is 1. The first-order valence-electron chi connectivity index (χ1n) is 10.1. The zero-order valence-electron chi connectivity index (χ0n) is 17.3. The molecule has 0 aromatic carbocycles. The highest BCUT2D eigenvalue weighted by atomic mass is 16.4. The Labute approximate surface area is 174 Å². The number of oxazole rings is 1. The quantitative estimate of drug-likeness (QED) is 0.530. The number of aryl methyl sites for hydroxylation is 1. The van der Waals surface area contributed by atoms with Gasteiger partial charge in [-0.05, 0) is 24.0 Å². The molecule has 4 heterocycles. The van der Waals surface area contributed by atoms with Gasteiger partial charge < -0.3 is 14.6 Å². The van der Waals surface area contributed by atoms with Gasteiger partial charge in [-0.15, -0.1) is 4.68 Å².